The van der Waals surface area contributed by atoms with Crippen LogP contribution in [0.15, 0.2) is 42.6 Å². The van der Waals surface area contributed by atoms with Crippen molar-refractivity contribution in [1.29, 1.82) is 0 Å². The number of anilines is 1. The van der Waals surface area contributed by atoms with Gasteiger partial charge in [0.2, 0.25) is 0 Å². The van der Waals surface area contributed by atoms with E-state index in [0.717, 1.165) is 28.5 Å². The summed E-state index contributed by atoms with van der Waals surface area (Å²) in [6, 6.07) is 12.6. The fourth-order valence-electron chi connectivity index (χ4n) is 2.41. The number of rotatable bonds is 4. The summed E-state index contributed by atoms with van der Waals surface area (Å²) in [5.74, 6) is 0.874. The number of hydrogen-bond donors (Lipinski definition) is 1. The highest BCUT2D eigenvalue weighted by Crippen LogP contribution is 2.37. The van der Waals surface area contributed by atoms with Crippen LogP contribution in [-0.4, -0.2) is 17.0 Å². The Morgan fingerprint density at radius 3 is 2.73 bits per heavy atom. The Morgan fingerprint density at radius 1 is 1.14 bits per heavy atom. The predicted molar refractivity (Wildman–Crippen MR) is 94.4 cm³/mol. The van der Waals surface area contributed by atoms with E-state index in [1.165, 1.54) is 16.0 Å². The Bertz CT molecular complexity index is 793. The van der Waals surface area contributed by atoms with E-state index in [0.29, 0.717) is 0 Å². The largest absolute Gasteiger partial charge is 0.373 e. The van der Waals surface area contributed by atoms with Crippen LogP contribution < -0.4 is 5.32 Å². The highest BCUT2D eigenvalue weighted by molar-refractivity contribution is 7.15. The summed E-state index contributed by atoms with van der Waals surface area (Å²) in [4.78, 5) is 10.4. The first-order valence-electron chi connectivity index (χ1n) is 7.42. The molecular weight excluding hydrogens is 290 g/mol. The number of benzene rings is 1. The minimum Gasteiger partial charge on any atom is -0.373 e. The summed E-state index contributed by atoms with van der Waals surface area (Å²) in [6.45, 7) is 4.26. The van der Waals surface area contributed by atoms with Crippen LogP contribution in [0.3, 0.4) is 0 Å². The molecular formula is C18H19N3S. The first kappa shape index (κ1) is 14.7. The van der Waals surface area contributed by atoms with E-state index >= 15 is 0 Å². The van der Waals surface area contributed by atoms with Gasteiger partial charge in [0.05, 0.1) is 15.6 Å². The minimum atomic E-state index is 0.874. The average Bonchev–Trinajstić information content (AvgIpc) is 2.99. The lowest BCUT2D eigenvalue weighted by molar-refractivity contribution is 1.10. The summed E-state index contributed by atoms with van der Waals surface area (Å²) in [6.07, 6.45) is 2.79. The average molecular weight is 309 g/mol. The molecule has 112 valence electrons. The van der Waals surface area contributed by atoms with Gasteiger partial charge in [0.25, 0.3) is 0 Å². The lowest BCUT2D eigenvalue weighted by atomic mass is 10.1. The highest BCUT2D eigenvalue weighted by Gasteiger charge is 2.14. The van der Waals surface area contributed by atoms with Crippen molar-refractivity contribution >= 4 is 17.2 Å². The fraction of sp³-hybridized carbons (Fsp3) is 0.222. The number of hydrogen-bond acceptors (Lipinski definition) is 4. The molecule has 0 fully saturated rings. The second-order valence-corrected chi connectivity index (χ2v) is 6.27. The maximum absolute atomic E-state index is 4.85. The van der Waals surface area contributed by atoms with Gasteiger partial charge in [-0.05, 0) is 37.1 Å². The standard InChI is InChI=1S/C18H19N3S/c1-4-16-21-17(13-7-5-6-12(2)10-13)18(22-16)14-8-9-20-15(11-14)19-3/h5-11H,4H2,1-3H3,(H,19,20). The SMILES string of the molecule is CCc1nc(-c2cccc(C)c2)c(-c2ccnc(NC)c2)s1. The quantitative estimate of drug-likeness (QED) is 0.753. The molecule has 3 rings (SSSR count). The van der Waals surface area contributed by atoms with Crippen molar-refractivity contribution in [3.8, 4) is 21.7 Å². The molecule has 0 atom stereocenters. The van der Waals surface area contributed by atoms with Crippen molar-refractivity contribution < 1.29 is 0 Å². The highest BCUT2D eigenvalue weighted by atomic mass is 32.1. The lowest BCUT2D eigenvalue weighted by Crippen LogP contribution is -1.91. The molecule has 1 aromatic carbocycles. The molecule has 0 radical (unpaired) electrons. The number of thiazole rings is 1. The second kappa shape index (κ2) is 6.28. The van der Waals surface area contributed by atoms with Crippen LogP contribution in [0, 0.1) is 6.92 Å². The van der Waals surface area contributed by atoms with Crippen LogP contribution >= 0.6 is 11.3 Å². The Hall–Kier alpha value is -2.20. The van der Waals surface area contributed by atoms with Crippen LogP contribution in [0.4, 0.5) is 5.82 Å². The van der Waals surface area contributed by atoms with E-state index < -0.39 is 0 Å². The van der Waals surface area contributed by atoms with Crippen molar-refractivity contribution in [1.82, 2.24) is 9.97 Å². The van der Waals surface area contributed by atoms with Gasteiger partial charge in [-0.2, -0.15) is 0 Å². The molecule has 22 heavy (non-hydrogen) atoms. The van der Waals surface area contributed by atoms with Crippen LogP contribution in [0.2, 0.25) is 0 Å². The maximum atomic E-state index is 4.85. The molecule has 3 nitrogen and oxygen atoms in total. The molecule has 2 heterocycles. The monoisotopic (exact) mass is 309 g/mol. The van der Waals surface area contributed by atoms with Crippen molar-refractivity contribution in [3.63, 3.8) is 0 Å². The van der Waals surface area contributed by atoms with Crippen LogP contribution in [0.1, 0.15) is 17.5 Å². The minimum absolute atomic E-state index is 0.874. The summed E-state index contributed by atoms with van der Waals surface area (Å²) < 4.78 is 0. The van der Waals surface area contributed by atoms with Crippen molar-refractivity contribution in [3.05, 3.63) is 53.2 Å². The molecule has 2 aromatic heterocycles. The molecule has 3 aromatic rings. The first-order chi connectivity index (χ1) is 10.7. The van der Waals surface area contributed by atoms with E-state index in [4.69, 9.17) is 4.98 Å². The number of aromatic nitrogens is 2. The number of nitrogens with zero attached hydrogens (tertiary/aromatic N) is 2. The summed E-state index contributed by atoms with van der Waals surface area (Å²) >= 11 is 1.77. The molecule has 0 amide bonds. The molecule has 0 aliphatic rings. The third-order valence-electron chi connectivity index (χ3n) is 3.54. The van der Waals surface area contributed by atoms with Crippen LogP contribution in [0.25, 0.3) is 21.7 Å². The zero-order valence-corrected chi connectivity index (χ0v) is 13.9. The van der Waals surface area contributed by atoms with E-state index in [9.17, 15) is 0 Å². The van der Waals surface area contributed by atoms with Gasteiger partial charge < -0.3 is 5.32 Å². The lowest BCUT2D eigenvalue weighted by Gasteiger charge is -2.05. The zero-order chi connectivity index (χ0) is 15.5. The molecule has 0 unspecified atom stereocenters. The smallest absolute Gasteiger partial charge is 0.126 e. The molecule has 0 saturated carbocycles. The van der Waals surface area contributed by atoms with Gasteiger partial charge >= 0.3 is 0 Å². The first-order valence-corrected chi connectivity index (χ1v) is 8.24. The van der Waals surface area contributed by atoms with Crippen LogP contribution in [-0.2, 0) is 6.42 Å². The van der Waals surface area contributed by atoms with Crippen LogP contribution in [0.5, 0.6) is 0 Å². The Balaban J connectivity index is 2.16. The normalized spacial score (nSPS) is 10.7. The van der Waals surface area contributed by atoms with Gasteiger partial charge in [-0.25, -0.2) is 9.97 Å². The molecule has 0 bridgehead atoms. The third kappa shape index (κ3) is 2.88. The van der Waals surface area contributed by atoms with E-state index in [-0.39, 0.29) is 0 Å². The van der Waals surface area contributed by atoms with E-state index in [2.05, 4.69) is 54.5 Å². The van der Waals surface area contributed by atoms with E-state index in [1.807, 2.05) is 19.3 Å². The summed E-state index contributed by atoms with van der Waals surface area (Å²) in [7, 11) is 1.89. The van der Waals surface area contributed by atoms with Gasteiger partial charge in [-0.1, -0.05) is 30.7 Å². The Labute approximate surface area is 135 Å². The summed E-state index contributed by atoms with van der Waals surface area (Å²) in [5.41, 5.74) is 4.65. The van der Waals surface area contributed by atoms with Crippen molar-refractivity contribution in [2.75, 3.05) is 12.4 Å². The number of aryl methyl sites for hydroxylation is 2. The number of pyridine rings is 1. The zero-order valence-electron chi connectivity index (χ0n) is 13.1. The second-order valence-electron chi connectivity index (χ2n) is 5.19. The van der Waals surface area contributed by atoms with Gasteiger partial charge in [0, 0.05) is 18.8 Å². The number of nitrogens with one attached hydrogen (secondary N) is 1. The molecule has 0 spiro atoms. The van der Waals surface area contributed by atoms with Crippen molar-refractivity contribution in [2.24, 2.45) is 0 Å². The van der Waals surface area contributed by atoms with Gasteiger partial charge in [0.15, 0.2) is 0 Å². The Morgan fingerprint density at radius 2 is 2.00 bits per heavy atom. The molecule has 0 saturated heterocycles. The fourth-order valence-corrected chi connectivity index (χ4v) is 3.43. The Kier molecular flexibility index (Phi) is 4.20. The topological polar surface area (TPSA) is 37.8 Å². The molecule has 0 aliphatic heterocycles. The van der Waals surface area contributed by atoms with Crippen molar-refractivity contribution in [2.45, 2.75) is 20.3 Å². The van der Waals surface area contributed by atoms with Gasteiger partial charge in [-0.3, -0.25) is 0 Å². The predicted octanol–water partition coefficient (Wildman–Crippen LogP) is 4.78. The third-order valence-corrected chi connectivity index (χ3v) is 4.79. The molecule has 4 heteroatoms. The molecule has 0 aliphatic carbocycles. The maximum Gasteiger partial charge on any atom is 0.126 e. The van der Waals surface area contributed by atoms with Gasteiger partial charge in [0.1, 0.15) is 5.82 Å². The van der Waals surface area contributed by atoms with E-state index in [1.54, 1.807) is 11.3 Å². The van der Waals surface area contributed by atoms with Gasteiger partial charge in [-0.15, -0.1) is 11.3 Å². The summed E-state index contributed by atoms with van der Waals surface area (Å²) in [5, 5.41) is 4.26. The molecule has 1 N–H and O–H groups in total.